The molecule has 0 aromatic heterocycles. The molecule has 1 heterocycles. The van der Waals surface area contributed by atoms with Gasteiger partial charge in [-0.2, -0.15) is 11.8 Å². The van der Waals surface area contributed by atoms with Gasteiger partial charge in [0, 0.05) is 24.1 Å². The van der Waals surface area contributed by atoms with Crippen molar-refractivity contribution in [2.24, 2.45) is 5.73 Å². The maximum absolute atomic E-state index is 11.8. The van der Waals surface area contributed by atoms with E-state index in [4.69, 9.17) is 5.73 Å². The van der Waals surface area contributed by atoms with E-state index < -0.39 is 0 Å². The Bertz CT molecular complexity index is 199. The van der Waals surface area contributed by atoms with Crippen molar-refractivity contribution in [3.05, 3.63) is 0 Å². The Morgan fingerprint density at radius 3 is 2.93 bits per heavy atom. The number of hydrogen-bond acceptors (Lipinski definition) is 3. The number of carbonyl (C=O) groups is 1. The summed E-state index contributed by atoms with van der Waals surface area (Å²) in [5.74, 6) is 1.19. The Hall–Kier alpha value is -0.220. The van der Waals surface area contributed by atoms with Gasteiger partial charge in [0.05, 0.1) is 6.04 Å². The van der Waals surface area contributed by atoms with E-state index in [9.17, 15) is 4.79 Å². The molecule has 14 heavy (non-hydrogen) atoms. The summed E-state index contributed by atoms with van der Waals surface area (Å²) >= 11 is 1.97. The highest BCUT2D eigenvalue weighted by Gasteiger charge is 2.25. The van der Waals surface area contributed by atoms with Crippen LogP contribution in [0.5, 0.6) is 0 Å². The van der Waals surface area contributed by atoms with Gasteiger partial charge in [0.15, 0.2) is 0 Å². The van der Waals surface area contributed by atoms with Crippen LogP contribution in [-0.4, -0.2) is 40.9 Å². The Morgan fingerprint density at radius 2 is 2.36 bits per heavy atom. The molecule has 0 aromatic carbocycles. The molecule has 2 atom stereocenters. The van der Waals surface area contributed by atoms with Gasteiger partial charge in [-0.15, -0.1) is 0 Å². The van der Waals surface area contributed by atoms with Crippen molar-refractivity contribution in [2.75, 3.05) is 18.8 Å². The zero-order valence-corrected chi connectivity index (χ0v) is 9.85. The second-order valence-corrected chi connectivity index (χ2v) is 5.11. The monoisotopic (exact) mass is 216 g/mol. The zero-order valence-electron chi connectivity index (χ0n) is 9.03. The average molecular weight is 216 g/mol. The van der Waals surface area contributed by atoms with Crippen LogP contribution in [0.25, 0.3) is 0 Å². The molecule has 82 valence electrons. The molecule has 2 N–H and O–H groups in total. The lowest BCUT2D eigenvalue weighted by Crippen LogP contribution is -2.48. The summed E-state index contributed by atoms with van der Waals surface area (Å²) in [6.45, 7) is 5.88. The lowest BCUT2D eigenvalue weighted by Gasteiger charge is -2.33. The summed E-state index contributed by atoms with van der Waals surface area (Å²) in [5, 5.41) is 0.608. The van der Waals surface area contributed by atoms with Gasteiger partial charge in [0.1, 0.15) is 0 Å². The van der Waals surface area contributed by atoms with Crippen molar-refractivity contribution in [3.63, 3.8) is 0 Å². The first-order valence-electron chi connectivity index (χ1n) is 5.35. The summed E-state index contributed by atoms with van der Waals surface area (Å²) < 4.78 is 0. The number of amides is 1. The molecule has 1 aliphatic rings. The van der Waals surface area contributed by atoms with Crippen LogP contribution in [0.15, 0.2) is 0 Å². The normalized spacial score (nSPS) is 24.8. The molecule has 1 rings (SSSR count). The van der Waals surface area contributed by atoms with E-state index in [-0.39, 0.29) is 11.9 Å². The van der Waals surface area contributed by atoms with Crippen LogP contribution in [-0.2, 0) is 4.79 Å². The molecule has 0 aliphatic carbocycles. The fourth-order valence-corrected chi connectivity index (χ4v) is 2.76. The van der Waals surface area contributed by atoms with Crippen LogP contribution in [0.1, 0.15) is 26.7 Å². The van der Waals surface area contributed by atoms with Crippen molar-refractivity contribution in [3.8, 4) is 0 Å². The third-order valence-corrected chi connectivity index (χ3v) is 4.03. The van der Waals surface area contributed by atoms with Crippen molar-refractivity contribution in [2.45, 2.75) is 38.0 Å². The van der Waals surface area contributed by atoms with Crippen molar-refractivity contribution in [1.82, 2.24) is 4.90 Å². The average Bonchev–Trinajstić information content (AvgIpc) is 2.27. The second-order valence-electron chi connectivity index (χ2n) is 3.70. The third kappa shape index (κ3) is 2.89. The minimum absolute atomic E-state index is 0.131. The van der Waals surface area contributed by atoms with Gasteiger partial charge in [-0.25, -0.2) is 0 Å². The highest BCUT2D eigenvalue weighted by Crippen LogP contribution is 2.21. The number of nitrogens with two attached hydrogens (primary N) is 1. The van der Waals surface area contributed by atoms with Crippen molar-refractivity contribution < 1.29 is 4.79 Å². The van der Waals surface area contributed by atoms with E-state index >= 15 is 0 Å². The van der Waals surface area contributed by atoms with Crippen LogP contribution >= 0.6 is 11.8 Å². The van der Waals surface area contributed by atoms with E-state index in [1.54, 1.807) is 0 Å². The van der Waals surface area contributed by atoms with Gasteiger partial charge < -0.3 is 10.6 Å². The summed E-state index contributed by atoms with van der Waals surface area (Å²) in [7, 11) is 0. The zero-order chi connectivity index (χ0) is 10.6. The maximum atomic E-state index is 11.8. The minimum atomic E-state index is -0.296. The largest absolute Gasteiger partial charge is 0.339 e. The molecule has 0 spiro atoms. The predicted molar refractivity (Wildman–Crippen MR) is 61.4 cm³/mol. The van der Waals surface area contributed by atoms with Gasteiger partial charge in [0.25, 0.3) is 0 Å². The SMILES string of the molecule is CCC1CN(C(=O)[C@H](N)CC)CCS1. The van der Waals surface area contributed by atoms with E-state index in [0.717, 1.165) is 31.7 Å². The molecule has 4 heteroatoms. The van der Waals surface area contributed by atoms with Crippen LogP contribution in [0, 0.1) is 0 Å². The number of thioether (sulfide) groups is 1. The Balaban J connectivity index is 2.47. The maximum Gasteiger partial charge on any atom is 0.239 e. The quantitative estimate of drug-likeness (QED) is 0.768. The Labute approximate surface area is 90.4 Å². The lowest BCUT2D eigenvalue weighted by molar-refractivity contribution is -0.132. The molecule has 1 fully saturated rings. The standard InChI is InChI=1S/C10H20N2OS/c1-3-8-7-12(5-6-14-8)10(13)9(11)4-2/h8-9H,3-7,11H2,1-2H3/t8?,9-/m1/s1. The highest BCUT2D eigenvalue weighted by molar-refractivity contribution is 8.00. The molecule has 3 nitrogen and oxygen atoms in total. The Morgan fingerprint density at radius 1 is 1.64 bits per heavy atom. The second kappa shape index (κ2) is 5.61. The van der Waals surface area contributed by atoms with Gasteiger partial charge in [-0.05, 0) is 12.8 Å². The molecule has 0 saturated carbocycles. The molecule has 1 aliphatic heterocycles. The topological polar surface area (TPSA) is 46.3 Å². The first-order valence-corrected chi connectivity index (χ1v) is 6.39. The van der Waals surface area contributed by atoms with E-state index in [1.165, 1.54) is 0 Å². The first kappa shape index (κ1) is 11.9. The van der Waals surface area contributed by atoms with Crippen molar-refractivity contribution >= 4 is 17.7 Å². The van der Waals surface area contributed by atoms with E-state index in [1.807, 2.05) is 23.6 Å². The highest BCUT2D eigenvalue weighted by atomic mass is 32.2. The first-order chi connectivity index (χ1) is 6.69. The smallest absolute Gasteiger partial charge is 0.239 e. The summed E-state index contributed by atoms with van der Waals surface area (Å²) in [6, 6.07) is -0.296. The minimum Gasteiger partial charge on any atom is -0.339 e. The fraction of sp³-hybridized carbons (Fsp3) is 0.900. The molecule has 0 bridgehead atoms. The van der Waals surface area contributed by atoms with Gasteiger partial charge in [0.2, 0.25) is 5.91 Å². The Kier molecular flexibility index (Phi) is 4.75. The number of rotatable bonds is 3. The van der Waals surface area contributed by atoms with Gasteiger partial charge in [-0.1, -0.05) is 13.8 Å². The van der Waals surface area contributed by atoms with E-state index in [0.29, 0.717) is 5.25 Å². The number of nitrogens with zero attached hydrogens (tertiary/aromatic N) is 1. The molecule has 1 saturated heterocycles. The van der Waals surface area contributed by atoms with Crippen LogP contribution in [0.4, 0.5) is 0 Å². The fourth-order valence-electron chi connectivity index (χ4n) is 1.58. The number of carbonyl (C=O) groups excluding carboxylic acids is 1. The third-order valence-electron chi connectivity index (χ3n) is 2.66. The predicted octanol–water partition coefficient (Wildman–Crippen LogP) is 1.08. The van der Waals surface area contributed by atoms with Crippen LogP contribution in [0.3, 0.4) is 0 Å². The molecular weight excluding hydrogens is 196 g/mol. The summed E-state index contributed by atoms with van der Waals surface area (Å²) in [4.78, 5) is 13.7. The molecule has 0 radical (unpaired) electrons. The van der Waals surface area contributed by atoms with Crippen LogP contribution < -0.4 is 5.73 Å². The molecule has 1 unspecified atom stereocenters. The summed E-state index contributed by atoms with van der Waals surface area (Å²) in [5.41, 5.74) is 5.74. The molecule has 0 aromatic rings. The van der Waals surface area contributed by atoms with E-state index in [2.05, 4.69) is 6.92 Å². The number of hydrogen-bond donors (Lipinski definition) is 1. The lowest BCUT2D eigenvalue weighted by atomic mass is 10.2. The van der Waals surface area contributed by atoms with Gasteiger partial charge >= 0.3 is 0 Å². The molecule has 1 amide bonds. The van der Waals surface area contributed by atoms with Gasteiger partial charge in [-0.3, -0.25) is 4.79 Å². The van der Waals surface area contributed by atoms with Crippen molar-refractivity contribution in [1.29, 1.82) is 0 Å². The summed E-state index contributed by atoms with van der Waals surface area (Å²) in [6.07, 6.45) is 1.87. The van der Waals surface area contributed by atoms with Crippen LogP contribution in [0.2, 0.25) is 0 Å². The molecular formula is C10H20N2OS.